The zero-order valence-corrected chi connectivity index (χ0v) is 6.69. The third kappa shape index (κ3) is 2.00. The zero-order valence-electron chi connectivity index (χ0n) is 6.69. The van der Waals surface area contributed by atoms with Crippen LogP contribution in [0.1, 0.15) is 46.0 Å². The topological polar surface area (TPSA) is 0 Å². The fourth-order valence-corrected chi connectivity index (χ4v) is 2.00. The predicted molar refractivity (Wildman–Crippen MR) is 41.4 cm³/mol. The summed E-state index contributed by atoms with van der Waals surface area (Å²) in [7, 11) is 0. The van der Waals surface area contributed by atoms with Crippen molar-refractivity contribution in [2.24, 2.45) is 11.8 Å². The van der Waals surface area contributed by atoms with Gasteiger partial charge in [0.25, 0.3) is 0 Å². The maximum absolute atomic E-state index is 2.38. The summed E-state index contributed by atoms with van der Waals surface area (Å²) in [5, 5.41) is 0. The van der Waals surface area contributed by atoms with E-state index in [-0.39, 0.29) is 0 Å². The molecule has 1 aliphatic rings. The quantitative estimate of drug-likeness (QED) is 0.533. The Morgan fingerprint density at radius 3 is 2.56 bits per heavy atom. The van der Waals surface area contributed by atoms with E-state index >= 15 is 0 Å². The lowest BCUT2D eigenvalue weighted by atomic mass is 10.0. The SMILES string of the molecule is CCC[C@@H]1CC[C@H](C)C1. The first kappa shape index (κ1) is 7.11. The van der Waals surface area contributed by atoms with Gasteiger partial charge in [-0.05, 0) is 18.3 Å². The fourth-order valence-electron chi connectivity index (χ4n) is 2.00. The zero-order chi connectivity index (χ0) is 6.69. The Bertz CT molecular complexity index is 74.1. The molecule has 0 saturated heterocycles. The Morgan fingerprint density at radius 1 is 1.33 bits per heavy atom. The first-order chi connectivity index (χ1) is 4.33. The summed E-state index contributed by atoms with van der Waals surface area (Å²) in [6, 6.07) is 0. The van der Waals surface area contributed by atoms with Crippen LogP contribution in [0.3, 0.4) is 0 Å². The third-order valence-corrected chi connectivity index (χ3v) is 2.50. The molecule has 0 N–H and O–H groups in total. The van der Waals surface area contributed by atoms with Crippen molar-refractivity contribution in [2.45, 2.75) is 46.0 Å². The summed E-state index contributed by atoms with van der Waals surface area (Å²) < 4.78 is 0. The molecule has 0 amide bonds. The van der Waals surface area contributed by atoms with Crippen molar-refractivity contribution >= 4 is 0 Å². The van der Waals surface area contributed by atoms with Crippen molar-refractivity contribution in [2.75, 3.05) is 0 Å². The van der Waals surface area contributed by atoms with E-state index in [9.17, 15) is 0 Å². The van der Waals surface area contributed by atoms with Gasteiger partial charge in [-0.3, -0.25) is 0 Å². The predicted octanol–water partition coefficient (Wildman–Crippen LogP) is 3.22. The second-order valence-electron chi connectivity index (χ2n) is 3.57. The molecular formula is C9H18. The van der Waals surface area contributed by atoms with Crippen molar-refractivity contribution in [3.63, 3.8) is 0 Å². The largest absolute Gasteiger partial charge is 0.0654 e. The Balaban J connectivity index is 2.14. The maximum atomic E-state index is 2.38. The molecule has 0 aromatic carbocycles. The van der Waals surface area contributed by atoms with E-state index in [1.54, 1.807) is 0 Å². The average Bonchev–Trinajstić information content (AvgIpc) is 2.17. The highest BCUT2D eigenvalue weighted by atomic mass is 14.2. The number of hydrogen-bond donors (Lipinski definition) is 0. The van der Waals surface area contributed by atoms with Crippen LogP contribution in [0.15, 0.2) is 0 Å². The molecular weight excluding hydrogens is 108 g/mol. The van der Waals surface area contributed by atoms with Gasteiger partial charge in [-0.2, -0.15) is 0 Å². The molecule has 0 aromatic heterocycles. The molecule has 0 unspecified atom stereocenters. The van der Waals surface area contributed by atoms with Crippen LogP contribution in [0.4, 0.5) is 0 Å². The van der Waals surface area contributed by atoms with Crippen LogP contribution >= 0.6 is 0 Å². The van der Waals surface area contributed by atoms with Crippen molar-refractivity contribution < 1.29 is 0 Å². The molecule has 0 radical (unpaired) electrons. The van der Waals surface area contributed by atoms with Crippen molar-refractivity contribution in [3.05, 3.63) is 0 Å². The maximum Gasteiger partial charge on any atom is -0.0412 e. The fraction of sp³-hybridized carbons (Fsp3) is 1.00. The van der Waals surface area contributed by atoms with Gasteiger partial charge in [0.05, 0.1) is 0 Å². The van der Waals surface area contributed by atoms with E-state index in [1.165, 1.54) is 32.1 Å². The Labute approximate surface area is 58.7 Å². The summed E-state index contributed by atoms with van der Waals surface area (Å²) in [4.78, 5) is 0. The summed E-state index contributed by atoms with van der Waals surface area (Å²) in [6.07, 6.45) is 7.37. The molecule has 2 atom stereocenters. The van der Waals surface area contributed by atoms with Crippen LogP contribution in [-0.4, -0.2) is 0 Å². The van der Waals surface area contributed by atoms with Gasteiger partial charge >= 0.3 is 0 Å². The third-order valence-electron chi connectivity index (χ3n) is 2.50. The minimum Gasteiger partial charge on any atom is -0.0654 e. The second-order valence-corrected chi connectivity index (χ2v) is 3.57. The number of hydrogen-bond acceptors (Lipinski definition) is 0. The molecule has 0 aromatic rings. The van der Waals surface area contributed by atoms with Crippen LogP contribution in [0, 0.1) is 11.8 Å². The number of rotatable bonds is 2. The molecule has 1 aliphatic carbocycles. The van der Waals surface area contributed by atoms with Gasteiger partial charge in [0.15, 0.2) is 0 Å². The Hall–Kier alpha value is 0. The summed E-state index contributed by atoms with van der Waals surface area (Å²) in [6.45, 7) is 4.68. The lowest BCUT2D eigenvalue weighted by Gasteiger charge is -2.05. The first-order valence-corrected chi connectivity index (χ1v) is 4.33. The molecule has 0 spiro atoms. The van der Waals surface area contributed by atoms with Gasteiger partial charge in [-0.25, -0.2) is 0 Å². The molecule has 0 heterocycles. The molecule has 0 heteroatoms. The van der Waals surface area contributed by atoms with Gasteiger partial charge in [-0.1, -0.05) is 39.5 Å². The molecule has 0 nitrogen and oxygen atoms in total. The Kier molecular flexibility index (Phi) is 2.56. The van der Waals surface area contributed by atoms with Gasteiger partial charge in [0.1, 0.15) is 0 Å². The standard InChI is InChI=1S/C9H18/c1-3-4-9-6-5-8(2)7-9/h8-9H,3-7H2,1-2H3/t8-,9+/m0/s1. The van der Waals surface area contributed by atoms with E-state index in [4.69, 9.17) is 0 Å². The highest BCUT2D eigenvalue weighted by Crippen LogP contribution is 2.32. The highest BCUT2D eigenvalue weighted by molar-refractivity contribution is 4.71. The molecule has 9 heavy (non-hydrogen) atoms. The first-order valence-electron chi connectivity index (χ1n) is 4.33. The lowest BCUT2D eigenvalue weighted by Crippen LogP contribution is -1.92. The minimum atomic E-state index is 1.03. The van der Waals surface area contributed by atoms with E-state index in [0.29, 0.717) is 0 Å². The van der Waals surface area contributed by atoms with Crippen LogP contribution in [0.2, 0.25) is 0 Å². The van der Waals surface area contributed by atoms with Crippen LogP contribution in [0.25, 0.3) is 0 Å². The van der Waals surface area contributed by atoms with Gasteiger partial charge in [0, 0.05) is 0 Å². The molecule has 0 bridgehead atoms. The van der Waals surface area contributed by atoms with Gasteiger partial charge < -0.3 is 0 Å². The summed E-state index contributed by atoms with van der Waals surface area (Å²) in [5.41, 5.74) is 0. The Morgan fingerprint density at radius 2 is 2.11 bits per heavy atom. The lowest BCUT2D eigenvalue weighted by molar-refractivity contribution is 0.474. The van der Waals surface area contributed by atoms with Crippen molar-refractivity contribution in [1.82, 2.24) is 0 Å². The highest BCUT2D eigenvalue weighted by Gasteiger charge is 2.19. The van der Waals surface area contributed by atoms with E-state index in [2.05, 4.69) is 13.8 Å². The van der Waals surface area contributed by atoms with Crippen LogP contribution < -0.4 is 0 Å². The van der Waals surface area contributed by atoms with Crippen LogP contribution in [-0.2, 0) is 0 Å². The molecule has 1 saturated carbocycles. The molecule has 1 rings (SSSR count). The molecule has 1 fully saturated rings. The van der Waals surface area contributed by atoms with E-state index < -0.39 is 0 Å². The normalized spacial score (nSPS) is 35.3. The summed E-state index contributed by atoms with van der Waals surface area (Å²) >= 11 is 0. The van der Waals surface area contributed by atoms with Crippen molar-refractivity contribution in [1.29, 1.82) is 0 Å². The van der Waals surface area contributed by atoms with Crippen molar-refractivity contribution in [3.8, 4) is 0 Å². The summed E-state index contributed by atoms with van der Waals surface area (Å²) in [5.74, 6) is 2.12. The van der Waals surface area contributed by atoms with Gasteiger partial charge in [0.2, 0.25) is 0 Å². The van der Waals surface area contributed by atoms with Gasteiger partial charge in [-0.15, -0.1) is 0 Å². The average molecular weight is 126 g/mol. The monoisotopic (exact) mass is 126 g/mol. The molecule has 0 aliphatic heterocycles. The molecule has 54 valence electrons. The van der Waals surface area contributed by atoms with Crippen LogP contribution in [0.5, 0.6) is 0 Å². The minimum absolute atomic E-state index is 1.03. The van der Waals surface area contributed by atoms with E-state index in [0.717, 1.165) is 11.8 Å². The smallest absolute Gasteiger partial charge is 0.0412 e. The van der Waals surface area contributed by atoms with E-state index in [1.807, 2.05) is 0 Å². The second kappa shape index (κ2) is 3.24.